The van der Waals surface area contributed by atoms with Gasteiger partial charge in [0.1, 0.15) is 0 Å². The molecule has 1 aromatic carbocycles. The molecule has 0 saturated heterocycles. The Hall–Kier alpha value is -0.230. The van der Waals surface area contributed by atoms with E-state index in [9.17, 15) is 13.2 Å². The number of hydrazine groups is 1. The number of benzene rings is 1. The Kier molecular flexibility index (Phi) is 5.05. The summed E-state index contributed by atoms with van der Waals surface area (Å²) in [6, 6.07) is 5.01. The van der Waals surface area contributed by atoms with Crippen molar-refractivity contribution in [2.45, 2.75) is 12.2 Å². The fraction of sp³-hybridized carbons (Fsp3) is 0.182. The number of nitrogens with one attached hydrogen (secondary N) is 1. The predicted octanol–water partition coefficient (Wildman–Crippen LogP) is 4.08. The van der Waals surface area contributed by atoms with Gasteiger partial charge in [-0.2, -0.15) is 13.2 Å². The summed E-state index contributed by atoms with van der Waals surface area (Å²) in [7, 11) is 0. The average molecular weight is 478 g/mol. The molecule has 1 unspecified atom stereocenters. The van der Waals surface area contributed by atoms with Crippen LogP contribution in [0.2, 0.25) is 0 Å². The van der Waals surface area contributed by atoms with E-state index in [-0.39, 0.29) is 0 Å². The molecule has 1 heterocycles. The van der Waals surface area contributed by atoms with Crippen molar-refractivity contribution in [3.63, 3.8) is 0 Å². The van der Waals surface area contributed by atoms with E-state index in [4.69, 9.17) is 5.84 Å². The number of nitrogens with two attached hydrogens (primary N) is 1. The molecule has 0 radical (unpaired) electrons. The molecule has 0 spiro atoms. The van der Waals surface area contributed by atoms with Crippen LogP contribution in [-0.4, -0.2) is 4.98 Å². The van der Waals surface area contributed by atoms with E-state index in [1.54, 1.807) is 0 Å². The first kappa shape index (κ1) is 16.1. The van der Waals surface area contributed by atoms with Crippen molar-refractivity contribution < 1.29 is 13.2 Å². The van der Waals surface area contributed by atoms with E-state index in [1.165, 1.54) is 6.20 Å². The molecule has 0 amide bonds. The summed E-state index contributed by atoms with van der Waals surface area (Å²) in [5.74, 6) is 5.50. The lowest BCUT2D eigenvalue weighted by atomic mass is 10.1. The smallest absolute Gasteiger partial charge is 0.271 e. The summed E-state index contributed by atoms with van der Waals surface area (Å²) in [5.41, 5.74) is 3.30. The van der Waals surface area contributed by atoms with Gasteiger partial charge in [-0.25, -0.2) is 10.4 Å². The van der Waals surface area contributed by atoms with Gasteiger partial charge in [-0.15, -0.1) is 11.3 Å². The molecule has 3 nitrogen and oxygen atoms in total. The second kappa shape index (κ2) is 6.26. The van der Waals surface area contributed by atoms with Gasteiger partial charge in [0.25, 0.3) is 0 Å². The lowest BCUT2D eigenvalue weighted by Gasteiger charge is -2.16. The standard InChI is InChI=1S/C11H8BrF3IN3S/c12-7-2-1-5(16)3-6(7)9(19-17)8-4-18-10(20-8)11(13,14)15/h1-4,9,19H,17H2. The Morgan fingerprint density at radius 1 is 1.40 bits per heavy atom. The number of alkyl halides is 3. The molecule has 108 valence electrons. The van der Waals surface area contributed by atoms with E-state index >= 15 is 0 Å². The summed E-state index contributed by atoms with van der Waals surface area (Å²) in [6.45, 7) is 0. The molecule has 0 aliphatic carbocycles. The quantitative estimate of drug-likeness (QED) is 0.398. The van der Waals surface area contributed by atoms with Crippen LogP contribution in [0.15, 0.2) is 28.9 Å². The number of hydrogen-bond acceptors (Lipinski definition) is 4. The van der Waals surface area contributed by atoms with Crippen LogP contribution in [0.25, 0.3) is 0 Å². The molecular formula is C11H8BrF3IN3S. The number of nitrogens with zero attached hydrogens (tertiary/aromatic N) is 1. The van der Waals surface area contributed by atoms with Crippen LogP contribution >= 0.6 is 49.9 Å². The highest BCUT2D eigenvalue weighted by atomic mass is 127. The molecule has 0 aliphatic heterocycles. The Morgan fingerprint density at radius 2 is 2.10 bits per heavy atom. The van der Waals surface area contributed by atoms with Crippen LogP contribution in [-0.2, 0) is 6.18 Å². The summed E-state index contributed by atoms with van der Waals surface area (Å²) in [4.78, 5) is 3.82. The Balaban J connectivity index is 2.42. The molecule has 0 aliphatic rings. The van der Waals surface area contributed by atoms with Crippen molar-refractivity contribution in [2.24, 2.45) is 5.84 Å². The number of halogens is 5. The highest BCUT2D eigenvalue weighted by Crippen LogP contribution is 2.37. The zero-order valence-electron chi connectivity index (χ0n) is 9.71. The Labute approximate surface area is 139 Å². The second-order valence-corrected chi connectivity index (χ2v) is 6.99. The van der Waals surface area contributed by atoms with Crippen LogP contribution in [0, 0.1) is 3.57 Å². The summed E-state index contributed by atoms with van der Waals surface area (Å²) < 4.78 is 39.5. The summed E-state index contributed by atoms with van der Waals surface area (Å²) >= 11 is 6.09. The minimum atomic E-state index is -4.44. The van der Waals surface area contributed by atoms with Gasteiger partial charge in [0.05, 0.1) is 6.04 Å². The lowest BCUT2D eigenvalue weighted by molar-refractivity contribution is -0.137. The molecule has 9 heteroatoms. The molecule has 0 fully saturated rings. The van der Waals surface area contributed by atoms with Crippen LogP contribution < -0.4 is 11.3 Å². The maximum atomic E-state index is 12.6. The van der Waals surface area contributed by atoms with Crippen molar-refractivity contribution >= 4 is 49.9 Å². The molecule has 0 bridgehead atoms. The van der Waals surface area contributed by atoms with Crippen LogP contribution in [0.3, 0.4) is 0 Å². The number of hydrogen-bond donors (Lipinski definition) is 2. The van der Waals surface area contributed by atoms with Crippen molar-refractivity contribution in [1.29, 1.82) is 0 Å². The average Bonchev–Trinajstić information content (AvgIpc) is 2.84. The minimum absolute atomic E-state index is 0.405. The maximum Gasteiger partial charge on any atom is 0.443 e. The van der Waals surface area contributed by atoms with Crippen molar-refractivity contribution in [3.8, 4) is 0 Å². The number of thiazole rings is 1. The van der Waals surface area contributed by atoms with Gasteiger partial charge in [0, 0.05) is 19.1 Å². The van der Waals surface area contributed by atoms with Gasteiger partial charge in [-0.3, -0.25) is 5.84 Å². The molecule has 2 rings (SSSR count). The third-order valence-corrected chi connectivity index (χ3v) is 4.99. The number of rotatable bonds is 3. The lowest BCUT2D eigenvalue weighted by Crippen LogP contribution is -2.28. The molecule has 1 aromatic heterocycles. The van der Waals surface area contributed by atoms with E-state index in [1.807, 2.05) is 18.2 Å². The molecule has 1 atom stereocenters. The second-order valence-electron chi connectivity index (χ2n) is 3.83. The van der Waals surface area contributed by atoms with Gasteiger partial charge in [0.15, 0.2) is 5.01 Å². The van der Waals surface area contributed by atoms with Crippen molar-refractivity contribution in [1.82, 2.24) is 10.4 Å². The Bertz CT molecular complexity index is 617. The third kappa shape index (κ3) is 3.50. The topological polar surface area (TPSA) is 50.9 Å². The summed E-state index contributed by atoms with van der Waals surface area (Å²) in [5, 5.41) is -0.880. The minimum Gasteiger partial charge on any atom is -0.271 e. The molecule has 20 heavy (non-hydrogen) atoms. The molecule has 2 aromatic rings. The molecule has 0 saturated carbocycles. The highest BCUT2D eigenvalue weighted by molar-refractivity contribution is 14.1. The van der Waals surface area contributed by atoms with Gasteiger partial charge in [-0.1, -0.05) is 15.9 Å². The van der Waals surface area contributed by atoms with Gasteiger partial charge < -0.3 is 0 Å². The van der Waals surface area contributed by atoms with E-state index in [2.05, 4.69) is 48.9 Å². The Morgan fingerprint density at radius 3 is 2.65 bits per heavy atom. The SMILES string of the molecule is NNC(c1cnc(C(F)(F)F)s1)c1cc(I)ccc1Br. The molecular weight excluding hydrogens is 470 g/mol. The predicted molar refractivity (Wildman–Crippen MR) is 83.1 cm³/mol. The fourth-order valence-electron chi connectivity index (χ4n) is 1.61. The third-order valence-electron chi connectivity index (χ3n) is 2.49. The first-order valence-electron chi connectivity index (χ1n) is 5.27. The van der Waals surface area contributed by atoms with Crippen LogP contribution in [0.4, 0.5) is 13.2 Å². The van der Waals surface area contributed by atoms with Crippen molar-refractivity contribution in [2.75, 3.05) is 0 Å². The van der Waals surface area contributed by atoms with E-state index in [0.717, 1.165) is 13.6 Å². The van der Waals surface area contributed by atoms with Crippen LogP contribution in [0.1, 0.15) is 21.5 Å². The van der Waals surface area contributed by atoms with Crippen LogP contribution in [0.5, 0.6) is 0 Å². The first-order chi connectivity index (χ1) is 9.32. The van der Waals surface area contributed by atoms with Gasteiger partial charge in [-0.05, 0) is 46.4 Å². The highest BCUT2D eigenvalue weighted by Gasteiger charge is 2.35. The zero-order valence-corrected chi connectivity index (χ0v) is 14.3. The molecule has 3 N–H and O–H groups in total. The monoisotopic (exact) mass is 477 g/mol. The zero-order chi connectivity index (χ0) is 14.9. The fourth-order valence-corrected chi connectivity index (χ4v) is 3.47. The van der Waals surface area contributed by atoms with Crippen molar-refractivity contribution in [3.05, 3.63) is 47.9 Å². The van der Waals surface area contributed by atoms with Gasteiger partial charge >= 0.3 is 6.18 Å². The normalized spacial score (nSPS) is 13.5. The first-order valence-corrected chi connectivity index (χ1v) is 7.95. The maximum absolute atomic E-state index is 12.6. The van der Waals surface area contributed by atoms with E-state index in [0.29, 0.717) is 16.2 Å². The number of aromatic nitrogens is 1. The van der Waals surface area contributed by atoms with Gasteiger partial charge in [0.2, 0.25) is 0 Å². The largest absolute Gasteiger partial charge is 0.443 e. The summed E-state index contributed by atoms with van der Waals surface area (Å²) in [6.07, 6.45) is -3.24. The van der Waals surface area contributed by atoms with E-state index < -0.39 is 17.2 Å².